The molecule has 1 heterocycles. The molecule has 1 aliphatic rings. The van der Waals surface area contributed by atoms with Crippen molar-refractivity contribution < 1.29 is 14.3 Å². The first-order valence-electron chi connectivity index (χ1n) is 7.29. The standard InChI is InChI=1S/C15H20BrN3O3/c1-2-22-13-4-3-11(9-12(13)16)15(21)19-7-5-10(6-8-19)14(20)18-17/h3-4,9-10H,2,5-8,17H2,1H3,(H,18,20). The van der Waals surface area contributed by atoms with Gasteiger partial charge in [-0.2, -0.15) is 0 Å². The fourth-order valence-corrected chi connectivity index (χ4v) is 3.04. The van der Waals surface area contributed by atoms with Gasteiger partial charge in [0.1, 0.15) is 5.75 Å². The summed E-state index contributed by atoms with van der Waals surface area (Å²) in [5, 5.41) is 0. The van der Waals surface area contributed by atoms with Gasteiger partial charge in [-0.1, -0.05) is 0 Å². The minimum absolute atomic E-state index is 0.0321. The second-order valence-electron chi connectivity index (χ2n) is 5.15. The van der Waals surface area contributed by atoms with Crippen LogP contribution in [0.3, 0.4) is 0 Å². The van der Waals surface area contributed by atoms with Crippen LogP contribution in [-0.2, 0) is 4.79 Å². The third-order valence-electron chi connectivity index (χ3n) is 3.77. The number of ether oxygens (including phenoxy) is 1. The molecule has 6 nitrogen and oxygen atoms in total. The van der Waals surface area contributed by atoms with E-state index in [4.69, 9.17) is 10.6 Å². The van der Waals surface area contributed by atoms with Crippen molar-refractivity contribution in [3.05, 3.63) is 28.2 Å². The lowest BCUT2D eigenvalue weighted by Gasteiger charge is -2.31. The zero-order valence-corrected chi connectivity index (χ0v) is 14.1. The van der Waals surface area contributed by atoms with Crippen molar-refractivity contribution in [2.24, 2.45) is 11.8 Å². The molecule has 2 rings (SSSR count). The van der Waals surface area contributed by atoms with Crippen LogP contribution in [0.1, 0.15) is 30.1 Å². The number of carbonyl (C=O) groups excluding carboxylic acids is 2. The number of nitrogens with two attached hydrogens (primary N) is 1. The summed E-state index contributed by atoms with van der Waals surface area (Å²) in [5.41, 5.74) is 2.78. The van der Waals surface area contributed by atoms with E-state index >= 15 is 0 Å². The quantitative estimate of drug-likeness (QED) is 0.480. The third-order valence-corrected chi connectivity index (χ3v) is 4.39. The molecule has 0 atom stereocenters. The summed E-state index contributed by atoms with van der Waals surface area (Å²) in [6.07, 6.45) is 1.26. The molecule has 0 saturated carbocycles. The predicted octanol–water partition coefficient (Wildman–Crippen LogP) is 1.69. The summed E-state index contributed by atoms with van der Waals surface area (Å²) >= 11 is 3.42. The Morgan fingerprint density at radius 2 is 2.09 bits per heavy atom. The summed E-state index contributed by atoms with van der Waals surface area (Å²) in [4.78, 5) is 25.8. The molecule has 1 aromatic carbocycles. The fourth-order valence-electron chi connectivity index (χ4n) is 2.55. The van der Waals surface area contributed by atoms with Gasteiger partial charge < -0.3 is 9.64 Å². The van der Waals surface area contributed by atoms with Gasteiger partial charge in [-0.15, -0.1) is 0 Å². The normalized spacial score (nSPS) is 15.5. The lowest BCUT2D eigenvalue weighted by Crippen LogP contribution is -2.44. The number of halogens is 1. The molecule has 0 unspecified atom stereocenters. The lowest BCUT2D eigenvalue weighted by molar-refractivity contribution is -0.126. The zero-order valence-electron chi connectivity index (χ0n) is 12.5. The molecule has 0 bridgehead atoms. The first-order chi connectivity index (χ1) is 10.6. The SMILES string of the molecule is CCOc1ccc(C(=O)N2CCC(C(=O)NN)CC2)cc1Br. The van der Waals surface area contributed by atoms with Crippen LogP contribution in [0.15, 0.2) is 22.7 Å². The van der Waals surface area contributed by atoms with Crippen molar-refractivity contribution in [3.8, 4) is 5.75 Å². The van der Waals surface area contributed by atoms with Crippen LogP contribution in [-0.4, -0.2) is 36.4 Å². The Morgan fingerprint density at radius 1 is 1.41 bits per heavy atom. The molecule has 1 aromatic rings. The van der Waals surface area contributed by atoms with Gasteiger partial charge in [0, 0.05) is 24.6 Å². The summed E-state index contributed by atoms with van der Waals surface area (Å²) in [7, 11) is 0. The van der Waals surface area contributed by atoms with E-state index in [0.29, 0.717) is 38.1 Å². The van der Waals surface area contributed by atoms with Crippen LogP contribution in [0.4, 0.5) is 0 Å². The Hall–Kier alpha value is -1.60. The molecule has 0 aliphatic carbocycles. The van der Waals surface area contributed by atoms with Gasteiger partial charge >= 0.3 is 0 Å². The van der Waals surface area contributed by atoms with Gasteiger partial charge in [0.25, 0.3) is 5.91 Å². The van der Waals surface area contributed by atoms with Crippen molar-refractivity contribution in [3.63, 3.8) is 0 Å². The summed E-state index contributed by atoms with van der Waals surface area (Å²) in [6.45, 7) is 3.60. The third kappa shape index (κ3) is 3.78. The Kier molecular flexibility index (Phi) is 5.79. The second kappa shape index (κ2) is 7.60. The number of amides is 2. The van der Waals surface area contributed by atoms with Crippen LogP contribution >= 0.6 is 15.9 Å². The van der Waals surface area contributed by atoms with E-state index in [0.717, 1.165) is 10.2 Å². The molecular weight excluding hydrogens is 350 g/mol. The highest BCUT2D eigenvalue weighted by molar-refractivity contribution is 9.10. The van der Waals surface area contributed by atoms with Crippen molar-refractivity contribution in [2.45, 2.75) is 19.8 Å². The Labute approximate surface area is 138 Å². The van der Waals surface area contributed by atoms with Crippen LogP contribution in [0, 0.1) is 5.92 Å². The van der Waals surface area contributed by atoms with Gasteiger partial charge in [-0.05, 0) is 53.9 Å². The van der Waals surface area contributed by atoms with Crippen LogP contribution in [0.25, 0.3) is 0 Å². The van der Waals surface area contributed by atoms with E-state index in [9.17, 15) is 9.59 Å². The molecule has 120 valence electrons. The highest BCUT2D eigenvalue weighted by atomic mass is 79.9. The number of hydrazine groups is 1. The summed E-state index contributed by atoms with van der Waals surface area (Å²) in [5.74, 6) is 5.57. The first kappa shape index (κ1) is 16.8. The average molecular weight is 370 g/mol. The zero-order chi connectivity index (χ0) is 16.1. The van der Waals surface area contributed by atoms with Gasteiger partial charge in [0.05, 0.1) is 11.1 Å². The topological polar surface area (TPSA) is 84.7 Å². The maximum atomic E-state index is 12.5. The molecule has 0 spiro atoms. The molecule has 2 amide bonds. The van der Waals surface area contributed by atoms with E-state index in [1.807, 2.05) is 6.92 Å². The number of carbonyl (C=O) groups is 2. The lowest BCUT2D eigenvalue weighted by atomic mass is 9.95. The number of benzene rings is 1. The molecule has 0 radical (unpaired) electrons. The first-order valence-corrected chi connectivity index (χ1v) is 8.08. The molecule has 7 heteroatoms. The summed E-state index contributed by atoms with van der Waals surface area (Å²) in [6, 6.07) is 5.32. The molecule has 1 saturated heterocycles. The number of hydrogen-bond acceptors (Lipinski definition) is 4. The minimum Gasteiger partial charge on any atom is -0.493 e. The van der Waals surface area contributed by atoms with E-state index in [1.165, 1.54) is 0 Å². The monoisotopic (exact) mass is 369 g/mol. The van der Waals surface area contributed by atoms with E-state index in [2.05, 4.69) is 21.4 Å². The number of nitrogens with zero attached hydrogens (tertiary/aromatic N) is 1. The van der Waals surface area contributed by atoms with Gasteiger partial charge in [-0.25, -0.2) is 5.84 Å². The van der Waals surface area contributed by atoms with Crippen molar-refractivity contribution in [2.75, 3.05) is 19.7 Å². The Bertz CT molecular complexity index is 557. The van der Waals surface area contributed by atoms with E-state index < -0.39 is 0 Å². The molecule has 1 fully saturated rings. The maximum absolute atomic E-state index is 12.5. The van der Waals surface area contributed by atoms with E-state index in [1.54, 1.807) is 23.1 Å². The Morgan fingerprint density at radius 3 is 2.64 bits per heavy atom. The largest absolute Gasteiger partial charge is 0.493 e. The predicted molar refractivity (Wildman–Crippen MR) is 86.3 cm³/mol. The number of likely N-dealkylation sites (tertiary alicyclic amines) is 1. The Balaban J connectivity index is 2.01. The highest BCUT2D eigenvalue weighted by Gasteiger charge is 2.27. The minimum atomic E-state index is -0.157. The highest BCUT2D eigenvalue weighted by Crippen LogP contribution is 2.27. The number of piperidine rings is 1. The molecule has 22 heavy (non-hydrogen) atoms. The smallest absolute Gasteiger partial charge is 0.253 e. The van der Waals surface area contributed by atoms with Crippen molar-refractivity contribution in [1.82, 2.24) is 10.3 Å². The molecule has 1 aliphatic heterocycles. The van der Waals surface area contributed by atoms with Crippen molar-refractivity contribution in [1.29, 1.82) is 0 Å². The second-order valence-corrected chi connectivity index (χ2v) is 6.01. The van der Waals surface area contributed by atoms with Gasteiger partial charge in [-0.3, -0.25) is 15.0 Å². The average Bonchev–Trinajstić information content (AvgIpc) is 2.55. The van der Waals surface area contributed by atoms with Crippen LogP contribution < -0.4 is 16.0 Å². The van der Waals surface area contributed by atoms with Gasteiger partial charge in [0.15, 0.2) is 0 Å². The number of nitrogens with one attached hydrogen (secondary N) is 1. The van der Waals surface area contributed by atoms with Crippen LogP contribution in [0.5, 0.6) is 5.75 Å². The number of rotatable bonds is 4. The fraction of sp³-hybridized carbons (Fsp3) is 0.467. The summed E-state index contributed by atoms with van der Waals surface area (Å²) < 4.78 is 6.20. The van der Waals surface area contributed by atoms with Crippen LogP contribution in [0.2, 0.25) is 0 Å². The number of hydrogen-bond donors (Lipinski definition) is 2. The van der Waals surface area contributed by atoms with Crippen molar-refractivity contribution >= 4 is 27.7 Å². The van der Waals surface area contributed by atoms with Gasteiger partial charge in [0.2, 0.25) is 5.91 Å². The maximum Gasteiger partial charge on any atom is 0.253 e. The van der Waals surface area contributed by atoms with E-state index in [-0.39, 0.29) is 17.7 Å². The molecule has 3 N–H and O–H groups in total. The molecule has 0 aromatic heterocycles. The molecular formula is C15H20BrN3O3.